The van der Waals surface area contributed by atoms with Crippen LogP contribution in [0.15, 0.2) is 109 Å². The molecule has 4 nitrogen and oxygen atoms in total. The van der Waals surface area contributed by atoms with Crippen molar-refractivity contribution in [3.05, 3.63) is 131 Å². The summed E-state index contributed by atoms with van der Waals surface area (Å²) in [5.41, 5.74) is 9.02. The van der Waals surface area contributed by atoms with Crippen molar-refractivity contribution < 1.29 is 9.90 Å². The Labute approximate surface area is 259 Å². The van der Waals surface area contributed by atoms with Gasteiger partial charge in [0.2, 0.25) is 0 Å². The Kier molecular flexibility index (Phi) is 6.35. The Morgan fingerprint density at radius 1 is 0.614 bits per heavy atom. The molecule has 7 rings (SSSR count). The summed E-state index contributed by atoms with van der Waals surface area (Å²) in [7, 11) is 0. The number of aliphatic hydroxyl groups is 1. The van der Waals surface area contributed by atoms with E-state index in [1.54, 1.807) is 0 Å². The first kappa shape index (κ1) is 28.1. The molecule has 2 heterocycles. The Morgan fingerprint density at radius 3 is 1.75 bits per heavy atom. The number of aromatic nitrogens is 1. The van der Waals surface area contributed by atoms with Gasteiger partial charge in [0.1, 0.15) is 0 Å². The van der Waals surface area contributed by atoms with E-state index in [1.165, 1.54) is 16.0 Å². The fourth-order valence-electron chi connectivity index (χ4n) is 6.85. The highest BCUT2D eigenvalue weighted by Gasteiger charge is 2.40. The first-order chi connectivity index (χ1) is 21.0. The highest BCUT2D eigenvalue weighted by atomic mass is 16.3. The Morgan fingerprint density at radius 2 is 1.16 bits per heavy atom. The van der Waals surface area contributed by atoms with E-state index in [0.717, 1.165) is 38.6 Å². The summed E-state index contributed by atoms with van der Waals surface area (Å²) in [6, 6.07) is 36.9. The monoisotopic (exact) mass is 578 g/mol. The predicted molar refractivity (Wildman–Crippen MR) is 182 cm³/mol. The normalized spacial score (nSPS) is 15.4. The number of aliphatic hydroxyl groups excluding tert-OH is 1. The highest BCUT2D eigenvalue weighted by molar-refractivity contribution is 6.16. The van der Waals surface area contributed by atoms with Gasteiger partial charge in [0.25, 0.3) is 5.91 Å². The third kappa shape index (κ3) is 4.28. The lowest BCUT2D eigenvalue weighted by Gasteiger charge is -2.25. The molecule has 0 saturated heterocycles. The van der Waals surface area contributed by atoms with Crippen LogP contribution in [0.1, 0.15) is 74.8 Å². The predicted octanol–water partition coefficient (Wildman–Crippen LogP) is 9.70. The zero-order chi connectivity index (χ0) is 31.0. The maximum Gasteiger partial charge on any atom is 0.263 e. The number of para-hydroxylation sites is 2. The van der Waals surface area contributed by atoms with Crippen molar-refractivity contribution >= 4 is 33.4 Å². The summed E-state index contributed by atoms with van der Waals surface area (Å²) in [4.78, 5) is 16.1. The Hall–Kier alpha value is -4.67. The summed E-state index contributed by atoms with van der Waals surface area (Å²) in [5.74, 6) is -0.204. The van der Waals surface area contributed by atoms with Gasteiger partial charge >= 0.3 is 0 Å². The van der Waals surface area contributed by atoms with Crippen molar-refractivity contribution in [2.24, 2.45) is 0 Å². The average molecular weight is 579 g/mol. The van der Waals surface area contributed by atoms with Gasteiger partial charge in [-0.1, -0.05) is 133 Å². The smallest absolute Gasteiger partial charge is 0.263 e. The van der Waals surface area contributed by atoms with Crippen LogP contribution in [0.25, 0.3) is 38.6 Å². The number of rotatable bonds is 3. The molecular weight excluding hydrogens is 540 g/mol. The van der Waals surface area contributed by atoms with Gasteiger partial charge in [0.15, 0.2) is 6.23 Å². The lowest BCUT2D eigenvalue weighted by Crippen LogP contribution is -2.27. The molecular formula is C40H38N2O2. The average Bonchev–Trinajstić information content (AvgIpc) is 3.47. The molecule has 1 atom stereocenters. The molecule has 0 bridgehead atoms. The van der Waals surface area contributed by atoms with E-state index in [0.29, 0.717) is 16.8 Å². The van der Waals surface area contributed by atoms with E-state index in [2.05, 4.69) is 94.6 Å². The second-order valence-corrected chi connectivity index (χ2v) is 13.9. The van der Waals surface area contributed by atoms with Crippen LogP contribution in [0, 0.1) is 0 Å². The summed E-state index contributed by atoms with van der Waals surface area (Å²) in [5, 5.41) is 14.1. The lowest BCUT2D eigenvalue weighted by molar-refractivity contribution is 0.0935. The van der Waals surface area contributed by atoms with Gasteiger partial charge in [-0.05, 0) is 51.3 Å². The second kappa shape index (κ2) is 9.93. The molecule has 6 aromatic rings. The molecule has 0 aliphatic carbocycles. The molecule has 220 valence electrons. The van der Waals surface area contributed by atoms with E-state index in [1.807, 2.05) is 60.7 Å². The van der Waals surface area contributed by atoms with Crippen LogP contribution >= 0.6 is 0 Å². The molecule has 0 radical (unpaired) electrons. The minimum Gasteiger partial charge on any atom is -0.369 e. The fraction of sp³-hybridized carbons (Fsp3) is 0.225. The first-order valence-corrected chi connectivity index (χ1v) is 15.3. The van der Waals surface area contributed by atoms with Crippen molar-refractivity contribution in [1.82, 2.24) is 4.57 Å². The van der Waals surface area contributed by atoms with Gasteiger partial charge < -0.3 is 9.67 Å². The van der Waals surface area contributed by atoms with Crippen LogP contribution in [0.2, 0.25) is 0 Å². The van der Waals surface area contributed by atoms with E-state index in [9.17, 15) is 9.90 Å². The lowest BCUT2D eigenvalue weighted by atomic mass is 9.85. The molecule has 1 aromatic heterocycles. The number of carbonyl (C=O) groups is 1. The number of nitrogens with zero attached hydrogens (tertiary/aromatic N) is 2. The maximum absolute atomic E-state index is 14.6. The van der Waals surface area contributed by atoms with Crippen molar-refractivity contribution in [2.45, 2.75) is 58.6 Å². The molecule has 0 spiro atoms. The molecule has 0 fully saturated rings. The number of amides is 1. The van der Waals surface area contributed by atoms with Crippen molar-refractivity contribution in [1.29, 1.82) is 0 Å². The van der Waals surface area contributed by atoms with Crippen molar-refractivity contribution in [3.8, 4) is 16.8 Å². The minimum absolute atomic E-state index is 0.140. The standard InChI is InChI=1S/C40H38N2O2/c1-39(2,3)31-21-11-18-28-29-19-12-22-32(40(4,5)6)36(29)42(35(28)31)33-23-13-20-30-34(33)38(44)41(37(30)43)27-17-10-16-26(24-27)25-14-8-7-9-15-25/h7-24,37,43H,1-6H3. The van der Waals surface area contributed by atoms with Gasteiger partial charge in [0.05, 0.1) is 22.3 Å². The van der Waals surface area contributed by atoms with E-state index in [4.69, 9.17) is 0 Å². The SMILES string of the molecule is CC(C)(C)c1cccc2c3cccc(C(C)(C)C)c3n(-c3cccc4c3C(=O)N(c3cccc(-c5ccccc5)c3)C4O)c12. The van der Waals surface area contributed by atoms with Gasteiger partial charge in [-0.2, -0.15) is 0 Å². The van der Waals surface area contributed by atoms with Gasteiger partial charge in [-0.25, -0.2) is 0 Å². The fourth-order valence-corrected chi connectivity index (χ4v) is 6.85. The van der Waals surface area contributed by atoms with Crippen molar-refractivity contribution in [2.75, 3.05) is 4.90 Å². The van der Waals surface area contributed by atoms with Crippen LogP contribution in [0.3, 0.4) is 0 Å². The summed E-state index contributed by atoms with van der Waals surface area (Å²) >= 11 is 0. The highest BCUT2D eigenvalue weighted by Crippen LogP contribution is 2.45. The quantitative estimate of drug-likeness (QED) is 0.227. The van der Waals surface area contributed by atoms with E-state index >= 15 is 0 Å². The molecule has 0 saturated carbocycles. The Bertz CT molecular complexity index is 2000. The summed E-state index contributed by atoms with van der Waals surface area (Å²) in [6.07, 6.45) is -1.10. The largest absolute Gasteiger partial charge is 0.369 e. The minimum atomic E-state index is -1.10. The molecule has 4 heteroatoms. The first-order valence-electron chi connectivity index (χ1n) is 15.3. The zero-order valence-corrected chi connectivity index (χ0v) is 26.2. The number of hydrogen-bond acceptors (Lipinski definition) is 2. The van der Waals surface area contributed by atoms with E-state index in [-0.39, 0.29) is 16.7 Å². The third-order valence-corrected chi connectivity index (χ3v) is 8.93. The van der Waals surface area contributed by atoms with Crippen LogP contribution in [0.5, 0.6) is 0 Å². The number of hydrogen-bond donors (Lipinski definition) is 1. The van der Waals surface area contributed by atoms with Crippen LogP contribution in [-0.2, 0) is 10.8 Å². The summed E-state index contributed by atoms with van der Waals surface area (Å²) in [6.45, 7) is 13.4. The number of fused-ring (bicyclic) bond motifs is 4. The molecule has 5 aromatic carbocycles. The topological polar surface area (TPSA) is 45.5 Å². The number of anilines is 1. The van der Waals surface area contributed by atoms with Crippen LogP contribution < -0.4 is 4.90 Å². The molecule has 1 amide bonds. The molecule has 1 unspecified atom stereocenters. The van der Waals surface area contributed by atoms with Gasteiger partial charge in [-0.3, -0.25) is 9.69 Å². The van der Waals surface area contributed by atoms with Gasteiger partial charge in [0, 0.05) is 22.0 Å². The van der Waals surface area contributed by atoms with Crippen LogP contribution in [0.4, 0.5) is 5.69 Å². The number of benzene rings is 5. The zero-order valence-electron chi connectivity index (χ0n) is 26.2. The van der Waals surface area contributed by atoms with Gasteiger partial charge in [-0.15, -0.1) is 0 Å². The molecule has 1 aliphatic heterocycles. The van der Waals surface area contributed by atoms with E-state index < -0.39 is 6.23 Å². The van der Waals surface area contributed by atoms with Crippen LogP contribution in [-0.4, -0.2) is 15.6 Å². The second-order valence-electron chi connectivity index (χ2n) is 13.9. The summed E-state index contributed by atoms with van der Waals surface area (Å²) < 4.78 is 2.30. The van der Waals surface area contributed by atoms with Crippen molar-refractivity contribution in [3.63, 3.8) is 0 Å². The molecule has 1 N–H and O–H groups in total. The Balaban J connectivity index is 1.51. The molecule has 44 heavy (non-hydrogen) atoms. The maximum atomic E-state index is 14.6. The molecule has 1 aliphatic rings. The third-order valence-electron chi connectivity index (χ3n) is 8.93. The number of carbonyl (C=O) groups excluding carboxylic acids is 1.